The summed E-state index contributed by atoms with van der Waals surface area (Å²) in [6.07, 6.45) is 0. The van der Waals surface area contributed by atoms with Crippen molar-refractivity contribution in [1.29, 1.82) is 0 Å². The van der Waals surface area contributed by atoms with Crippen LogP contribution in [0.25, 0.3) is 11.2 Å². The fourth-order valence-electron chi connectivity index (χ4n) is 2.58. The summed E-state index contributed by atoms with van der Waals surface area (Å²) in [5.41, 5.74) is 7.96. The third kappa shape index (κ3) is 1.93. The minimum atomic E-state index is -0.418. The van der Waals surface area contributed by atoms with E-state index in [0.29, 0.717) is 17.7 Å². The molecule has 3 aromatic rings. The standard InChI is InChI=1S/C15H17N5O2/c1-9-6-4-5-7-10(9)8-20-11-12(17-14(20)16)18(2)15(22)19(3)13(11)21/h4-7H,8H2,1-3H3,(H2,16,17). The normalized spacial score (nSPS) is 11.2. The van der Waals surface area contributed by atoms with Crippen LogP contribution in [0.1, 0.15) is 11.1 Å². The van der Waals surface area contributed by atoms with Crippen molar-refractivity contribution >= 4 is 17.1 Å². The smallest absolute Gasteiger partial charge is 0.332 e. The van der Waals surface area contributed by atoms with Crippen molar-refractivity contribution in [2.24, 2.45) is 14.1 Å². The first-order valence-corrected chi connectivity index (χ1v) is 6.88. The molecular weight excluding hydrogens is 282 g/mol. The number of nitrogens with two attached hydrogens (primary N) is 1. The fraction of sp³-hybridized carbons (Fsp3) is 0.267. The van der Waals surface area contributed by atoms with E-state index in [1.54, 1.807) is 11.6 Å². The Kier molecular flexibility index (Phi) is 3.13. The average molecular weight is 299 g/mol. The van der Waals surface area contributed by atoms with Gasteiger partial charge in [-0.2, -0.15) is 4.98 Å². The van der Waals surface area contributed by atoms with Crippen LogP contribution in [0, 0.1) is 6.92 Å². The van der Waals surface area contributed by atoms with Crippen molar-refractivity contribution in [3.8, 4) is 0 Å². The summed E-state index contributed by atoms with van der Waals surface area (Å²) >= 11 is 0. The van der Waals surface area contributed by atoms with Crippen molar-refractivity contribution in [2.75, 3.05) is 5.73 Å². The number of anilines is 1. The van der Waals surface area contributed by atoms with Crippen LogP contribution >= 0.6 is 0 Å². The van der Waals surface area contributed by atoms with Crippen molar-refractivity contribution in [2.45, 2.75) is 13.5 Å². The van der Waals surface area contributed by atoms with Crippen molar-refractivity contribution in [1.82, 2.24) is 18.7 Å². The first-order valence-electron chi connectivity index (χ1n) is 6.88. The molecule has 0 amide bonds. The Hall–Kier alpha value is -2.83. The highest BCUT2D eigenvalue weighted by Crippen LogP contribution is 2.17. The second-order valence-electron chi connectivity index (χ2n) is 5.36. The highest BCUT2D eigenvalue weighted by Gasteiger charge is 2.18. The lowest BCUT2D eigenvalue weighted by molar-refractivity contribution is 0.702. The van der Waals surface area contributed by atoms with Crippen LogP contribution in [-0.4, -0.2) is 18.7 Å². The Morgan fingerprint density at radius 3 is 2.50 bits per heavy atom. The van der Waals surface area contributed by atoms with Gasteiger partial charge in [-0.1, -0.05) is 24.3 Å². The van der Waals surface area contributed by atoms with Crippen LogP contribution in [0.2, 0.25) is 0 Å². The lowest BCUT2D eigenvalue weighted by atomic mass is 10.1. The van der Waals surface area contributed by atoms with Gasteiger partial charge in [0.05, 0.1) is 6.54 Å². The maximum atomic E-state index is 12.4. The predicted molar refractivity (Wildman–Crippen MR) is 84.9 cm³/mol. The van der Waals surface area contributed by atoms with Gasteiger partial charge in [0.2, 0.25) is 5.95 Å². The fourth-order valence-corrected chi connectivity index (χ4v) is 2.58. The summed E-state index contributed by atoms with van der Waals surface area (Å²) in [4.78, 5) is 28.6. The van der Waals surface area contributed by atoms with E-state index in [0.717, 1.165) is 15.7 Å². The molecule has 2 heterocycles. The third-order valence-corrected chi connectivity index (χ3v) is 3.97. The topological polar surface area (TPSA) is 87.8 Å². The summed E-state index contributed by atoms with van der Waals surface area (Å²) in [6.45, 7) is 2.43. The molecule has 0 fully saturated rings. The summed E-state index contributed by atoms with van der Waals surface area (Å²) in [5, 5.41) is 0. The Morgan fingerprint density at radius 2 is 1.82 bits per heavy atom. The molecule has 0 spiro atoms. The second-order valence-corrected chi connectivity index (χ2v) is 5.36. The van der Waals surface area contributed by atoms with E-state index in [-0.39, 0.29) is 5.95 Å². The van der Waals surface area contributed by atoms with Crippen molar-refractivity contribution in [3.63, 3.8) is 0 Å². The second kappa shape index (κ2) is 4.87. The molecule has 2 N–H and O–H groups in total. The van der Waals surface area contributed by atoms with Gasteiger partial charge in [-0.25, -0.2) is 4.79 Å². The number of imidazole rings is 1. The maximum absolute atomic E-state index is 12.4. The summed E-state index contributed by atoms with van der Waals surface area (Å²) in [7, 11) is 3.03. The van der Waals surface area contributed by atoms with Crippen LogP contribution in [-0.2, 0) is 20.6 Å². The van der Waals surface area contributed by atoms with Gasteiger partial charge in [-0.05, 0) is 18.1 Å². The maximum Gasteiger partial charge on any atom is 0.332 e. The number of nitrogens with zero attached hydrogens (tertiary/aromatic N) is 4. The highest BCUT2D eigenvalue weighted by molar-refractivity contribution is 5.73. The number of hydrogen-bond acceptors (Lipinski definition) is 4. The largest absolute Gasteiger partial charge is 0.369 e. The molecule has 0 bridgehead atoms. The van der Waals surface area contributed by atoms with E-state index in [1.165, 1.54) is 11.6 Å². The van der Waals surface area contributed by atoms with E-state index in [4.69, 9.17) is 5.73 Å². The zero-order valence-corrected chi connectivity index (χ0v) is 12.7. The van der Waals surface area contributed by atoms with Crippen molar-refractivity contribution in [3.05, 3.63) is 56.2 Å². The van der Waals surface area contributed by atoms with Crippen LogP contribution < -0.4 is 17.0 Å². The van der Waals surface area contributed by atoms with Gasteiger partial charge in [0, 0.05) is 14.1 Å². The minimum Gasteiger partial charge on any atom is -0.369 e. The van der Waals surface area contributed by atoms with Gasteiger partial charge in [-0.3, -0.25) is 13.9 Å². The molecule has 0 radical (unpaired) electrons. The van der Waals surface area contributed by atoms with E-state index >= 15 is 0 Å². The number of rotatable bonds is 2. The summed E-state index contributed by atoms with van der Waals surface area (Å²) in [6, 6.07) is 7.87. The van der Waals surface area contributed by atoms with E-state index in [1.807, 2.05) is 31.2 Å². The first-order chi connectivity index (χ1) is 10.4. The van der Waals surface area contributed by atoms with Crippen LogP contribution in [0.4, 0.5) is 5.95 Å². The highest BCUT2D eigenvalue weighted by atomic mass is 16.2. The van der Waals surface area contributed by atoms with Gasteiger partial charge in [0.1, 0.15) is 0 Å². The van der Waals surface area contributed by atoms with Gasteiger partial charge in [0.25, 0.3) is 5.56 Å². The molecule has 0 saturated carbocycles. The summed E-state index contributed by atoms with van der Waals surface area (Å²) in [5.74, 6) is 0.219. The average Bonchev–Trinajstić information content (AvgIpc) is 2.82. The van der Waals surface area contributed by atoms with E-state index < -0.39 is 11.2 Å². The molecule has 114 valence electrons. The number of aryl methyl sites for hydroxylation is 2. The zero-order chi connectivity index (χ0) is 16.0. The number of nitrogen functional groups attached to an aromatic ring is 1. The van der Waals surface area contributed by atoms with Crippen LogP contribution in [0.15, 0.2) is 33.9 Å². The number of hydrogen-bond donors (Lipinski definition) is 1. The lowest BCUT2D eigenvalue weighted by Gasteiger charge is -2.09. The zero-order valence-electron chi connectivity index (χ0n) is 12.7. The molecule has 0 aliphatic rings. The molecule has 2 aromatic heterocycles. The molecule has 0 saturated heterocycles. The molecular formula is C15H17N5O2. The number of benzene rings is 1. The van der Waals surface area contributed by atoms with E-state index in [2.05, 4.69) is 4.98 Å². The number of fused-ring (bicyclic) bond motifs is 1. The predicted octanol–water partition coefficient (Wildman–Crippen LogP) is 0.373. The van der Waals surface area contributed by atoms with Gasteiger partial charge in [-0.15, -0.1) is 0 Å². The molecule has 7 heteroatoms. The van der Waals surface area contributed by atoms with Gasteiger partial charge < -0.3 is 10.3 Å². The third-order valence-electron chi connectivity index (χ3n) is 3.97. The van der Waals surface area contributed by atoms with Crippen LogP contribution in [0.5, 0.6) is 0 Å². The molecule has 1 aromatic carbocycles. The van der Waals surface area contributed by atoms with E-state index in [9.17, 15) is 9.59 Å². The Morgan fingerprint density at radius 1 is 1.14 bits per heavy atom. The summed E-state index contributed by atoms with van der Waals surface area (Å²) < 4.78 is 4.05. The molecule has 0 aliphatic carbocycles. The Bertz CT molecular complexity index is 994. The quantitative estimate of drug-likeness (QED) is 0.740. The van der Waals surface area contributed by atoms with Crippen molar-refractivity contribution < 1.29 is 0 Å². The molecule has 0 unspecified atom stereocenters. The Labute approximate surface area is 126 Å². The van der Waals surface area contributed by atoms with Gasteiger partial charge in [0.15, 0.2) is 11.2 Å². The molecule has 7 nitrogen and oxygen atoms in total. The SMILES string of the molecule is Cc1ccccc1Cn1c(N)nc2c1c(=O)n(C)c(=O)n2C. The molecule has 3 rings (SSSR count). The number of aromatic nitrogens is 4. The lowest BCUT2D eigenvalue weighted by Crippen LogP contribution is -2.37. The monoisotopic (exact) mass is 299 g/mol. The van der Waals surface area contributed by atoms with Gasteiger partial charge >= 0.3 is 5.69 Å². The molecule has 0 aliphatic heterocycles. The Balaban J connectivity index is 2.32. The minimum absolute atomic E-state index is 0.219. The first kappa shape index (κ1) is 14.1. The van der Waals surface area contributed by atoms with Crippen LogP contribution in [0.3, 0.4) is 0 Å². The molecule has 0 atom stereocenters. The molecule has 22 heavy (non-hydrogen) atoms.